The highest BCUT2D eigenvalue weighted by Gasteiger charge is 2.55. The number of alkyl halides is 2. The van der Waals surface area contributed by atoms with Gasteiger partial charge in [0.15, 0.2) is 5.82 Å². The van der Waals surface area contributed by atoms with Crippen LogP contribution >= 0.6 is 11.6 Å². The Morgan fingerprint density at radius 1 is 1.26 bits per heavy atom. The van der Waals surface area contributed by atoms with Crippen molar-refractivity contribution >= 4 is 34.2 Å². The third-order valence-corrected chi connectivity index (χ3v) is 10.1. The number of piperazine rings is 1. The largest absolute Gasteiger partial charge is 0.383 e. The van der Waals surface area contributed by atoms with E-state index in [0.29, 0.717) is 50.2 Å². The monoisotopic (exact) mass is 601 g/mol. The number of ether oxygens (including phenoxy) is 1. The number of aryl methyl sites for hydroxylation is 1. The second-order valence-corrected chi connectivity index (χ2v) is 12.9. The Morgan fingerprint density at radius 2 is 2.00 bits per heavy atom. The SMILES string of the molecule is C=CC(=O)N1CC2(CC(n3nc(N4CCN(CCOC)C[C@@]4(C)C(F)F)c(-c4c(Cl)c(C)cc5[nH]ncc45)c3C)C2)C1. The van der Waals surface area contributed by atoms with E-state index in [1.165, 1.54) is 6.08 Å². The van der Waals surface area contributed by atoms with Gasteiger partial charge in [-0.25, -0.2) is 8.78 Å². The van der Waals surface area contributed by atoms with Crippen molar-refractivity contribution in [3.8, 4) is 11.1 Å². The quantitative estimate of drug-likeness (QED) is 0.372. The molecule has 0 unspecified atom stereocenters. The number of amides is 1. The van der Waals surface area contributed by atoms with E-state index < -0.39 is 12.0 Å². The van der Waals surface area contributed by atoms with Crippen molar-refractivity contribution in [2.75, 3.05) is 57.9 Å². The molecule has 1 aliphatic carbocycles. The molecule has 42 heavy (non-hydrogen) atoms. The van der Waals surface area contributed by atoms with Gasteiger partial charge in [-0.1, -0.05) is 18.2 Å². The molecule has 1 aromatic carbocycles. The predicted octanol–water partition coefficient (Wildman–Crippen LogP) is 4.84. The van der Waals surface area contributed by atoms with Gasteiger partial charge in [0.25, 0.3) is 6.43 Å². The van der Waals surface area contributed by atoms with Gasteiger partial charge >= 0.3 is 0 Å². The number of likely N-dealkylation sites (tertiary alicyclic amines) is 1. The maximum Gasteiger partial charge on any atom is 0.262 e. The maximum atomic E-state index is 15.0. The third-order valence-electron chi connectivity index (χ3n) is 9.61. The van der Waals surface area contributed by atoms with Crippen LogP contribution in [0.5, 0.6) is 0 Å². The smallest absolute Gasteiger partial charge is 0.262 e. The molecule has 2 aromatic heterocycles. The molecule has 3 aliphatic rings. The number of methoxy groups -OCH3 is 1. The van der Waals surface area contributed by atoms with Crippen LogP contribution in [-0.2, 0) is 9.53 Å². The summed E-state index contributed by atoms with van der Waals surface area (Å²) in [5.74, 6) is 0.479. The minimum atomic E-state index is -2.61. The minimum Gasteiger partial charge on any atom is -0.383 e. The summed E-state index contributed by atoms with van der Waals surface area (Å²) < 4.78 is 37.3. The zero-order valence-electron chi connectivity index (χ0n) is 24.6. The van der Waals surface area contributed by atoms with Crippen LogP contribution in [0.1, 0.15) is 37.1 Å². The Hall–Kier alpha value is -3.02. The Labute approximate surface area is 249 Å². The van der Waals surface area contributed by atoms with Crippen molar-refractivity contribution < 1.29 is 18.3 Å². The van der Waals surface area contributed by atoms with Crippen LogP contribution in [0.2, 0.25) is 5.02 Å². The van der Waals surface area contributed by atoms with E-state index in [2.05, 4.69) is 16.8 Å². The van der Waals surface area contributed by atoms with Gasteiger partial charge in [-0.15, -0.1) is 0 Å². The van der Waals surface area contributed by atoms with Gasteiger partial charge in [-0.3, -0.25) is 19.5 Å². The van der Waals surface area contributed by atoms with Gasteiger partial charge < -0.3 is 14.5 Å². The number of fused-ring (bicyclic) bond motifs is 1. The predicted molar refractivity (Wildman–Crippen MR) is 159 cm³/mol. The second kappa shape index (κ2) is 10.6. The van der Waals surface area contributed by atoms with Crippen LogP contribution in [0.3, 0.4) is 0 Å². The van der Waals surface area contributed by atoms with Crippen LogP contribution in [0.4, 0.5) is 14.6 Å². The molecule has 1 atom stereocenters. The lowest BCUT2D eigenvalue weighted by Crippen LogP contribution is -2.65. The van der Waals surface area contributed by atoms with Crippen LogP contribution in [0.25, 0.3) is 22.0 Å². The number of aromatic amines is 1. The summed E-state index contributed by atoms with van der Waals surface area (Å²) in [6, 6.07) is 2.05. The number of rotatable bonds is 8. The highest BCUT2D eigenvalue weighted by molar-refractivity contribution is 6.36. The van der Waals surface area contributed by atoms with Crippen molar-refractivity contribution in [1.82, 2.24) is 29.8 Å². The number of anilines is 1. The molecule has 1 spiro atoms. The van der Waals surface area contributed by atoms with E-state index in [9.17, 15) is 4.79 Å². The lowest BCUT2D eigenvalue weighted by atomic mass is 9.60. The highest BCUT2D eigenvalue weighted by Crippen LogP contribution is 2.56. The molecular weight excluding hydrogens is 564 g/mol. The average Bonchev–Trinajstić information content (AvgIpc) is 3.50. The van der Waals surface area contributed by atoms with Crippen molar-refractivity contribution in [2.24, 2.45) is 5.41 Å². The fourth-order valence-corrected chi connectivity index (χ4v) is 7.52. The second-order valence-electron chi connectivity index (χ2n) is 12.5. The molecule has 9 nitrogen and oxygen atoms in total. The summed E-state index contributed by atoms with van der Waals surface area (Å²) in [5, 5.41) is 13.8. The number of nitrogens with one attached hydrogen (secondary N) is 1. The number of halogens is 3. The van der Waals surface area contributed by atoms with E-state index >= 15 is 8.78 Å². The number of hydrogen-bond donors (Lipinski definition) is 1. The fraction of sp³-hybridized carbons (Fsp3) is 0.567. The first-order chi connectivity index (χ1) is 20.0. The standard InChI is InChI=1S/C30H38ClF2N7O2/c1-6-23(41)38-16-30(17-38)12-20(13-30)40-19(3)24(25-21-14-34-35-22(21)11-18(2)26(25)31)27(36-40)39-8-7-37(9-10-42-5)15-29(39,4)28(32)33/h6,11,14,20,28H,1,7-10,12-13,15-17H2,2-5H3,(H,34,35)/t29-/m0/s1. The molecule has 3 fully saturated rings. The number of benzene rings is 1. The molecule has 1 saturated carbocycles. The summed E-state index contributed by atoms with van der Waals surface area (Å²) in [4.78, 5) is 17.7. The van der Waals surface area contributed by atoms with E-state index in [4.69, 9.17) is 21.4 Å². The molecular formula is C30H38ClF2N7O2. The van der Waals surface area contributed by atoms with E-state index in [1.54, 1.807) is 25.1 Å². The van der Waals surface area contributed by atoms with E-state index in [1.807, 2.05) is 34.4 Å². The van der Waals surface area contributed by atoms with Gasteiger partial charge in [-0.2, -0.15) is 10.2 Å². The lowest BCUT2D eigenvalue weighted by Gasteiger charge is -2.58. The molecule has 1 amide bonds. The Bertz CT molecular complexity index is 1520. The molecule has 6 rings (SSSR count). The van der Waals surface area contributed by atoms with Crippen molar-refractivity contribution in [1.29, 1.82) is 0 Å². The Balaban J connectivity index is 1.43. The topological polar surface area (TPSA) is 82.5 Å². The normalized spacial score (nSPS) is 22.7. The van der Waals surface area contributed by atoms with Crippen LogP contribution in [0, 0.1) is 19.3 Å². The molecule has 0 radical (unpaired) electrons. The van der Waals surface area contributed by atoms with Crippen molar-refractivity contribution in [3.05, 3.63) is 41.2 Å². The fourth-order valence-electron chi connectivity index (χ4n) is 7.26. The molecule has 3 aromatic rings. The van der Waals surface area contributed by atoms with Gasteiger partial charge in [0, 0.05) is 74.0 Å². The number of H-pyrrole nitrogens is 1. The molecule has 2 aliphatic heterocycles. The van der Waals surface area contributed by atoms with Gasteiger partial charge in [0.1, 0.15) is 5.54 Å². The molecule has 1 N–H and O–H groups in total. The third kappa shape index (κ3) is 4.51. The number of carbonyl (C=O) groups is 1. The van der Waals surface area contributed by atoms with E-state index in [0.717, 1.165) is 46.1 Å². The average molecular weight is 602 g/mol. The van der Waals surface area contributed by atoms with Gasteiger partial charge in [-0.05, 0) is 51.3 Å². The number of aromatic nitrogens is 4. The first-order valence-corrected chi connectivity index (χ1v) is 14.8. The van der Waals surface area contributed by atoms with E-state index in [-0.39, 0.29) is 23.9 Å². The molecule has 12 heteroatoms. The van der Waals surface area contributed by atoms with Crippen LogP contribution in [0.15, 0.2) is 24.9 Å². The summed E-state index contributed by atoms with van der Waals surface area (Å²) >= 11 is 7.02. The molecule has 4 heterocycles. The zero-order chi connectivity index (χ0) is 30.0. The highest BCUT2D eigenvalue weighted by atomic mass is 35.5. The van der Waals surface area contributed by atoms with Crippen molar-refractivity contribution in [2.45, 2.75) is 51.6 Å². The molecule has 226 valence electrons. The molecule has 0 bridgehead atoms. The Morgan fingerprint density at radius 3 is 2.67 bits per heavy atom. The van der Waals surface area contributed by atoms with Crippen molar-refractivity contribution in [3.63, 3.8) is 0 Å². The van der Waals surface area contributed by atoms with Gasteiger partial charge in [0.05, 0.1) is 29.4 Å². The first kappa shape index (κ1) is 29.1. The lowest BCUT2D eigenvalue weighted by molar-refractivity contribution is -0.149. The first-order valence-electron chi connectivity index (χ1n) is 14.4. The number of nitrogens with zero attached hydrogens (tertiary/aromatic N) is 6. The van der Waals surface area contributed by atoms with Gasteiger partial charge in [0.2, 0.25) is 5.91 Å². The summed E-state index contributed by atoms with van der Waals surface area (Å²) in [5.41, 5.74) is 2.71. The maximum absolute atomic E-state index is 15.0. The Kier molecular flexibility index (Phi) is 7.34. The summed E-state index contributed by atoms with van der Waals surface area (Å²) in [6.45, 7) is 12.8. The number of hydrogen-bond acceptors (Lipinski definition) is 6. The number of carbonyl (C=O) groups excluding carboxylic acids is 1. The zero-order valence-corrected chi connectivity index (χ0v) is 25.3. The summed E-state index contributed by atoms with van der Waals surface area (Å²) in [6.07, 6.45) is 2.22. The van der Waals surface area contributed by atoms with Crippen LogP contribution < -0.4 is 4.90 Å². The molecule has 2 saturated heterocycles. The minimum absolute atomic E-state index is 0.0435. The van der Waals surface area contributed by atoms with Crippen LogP contribution in [-0.4, -0.2) is 101 Å². The summed E-state index contributed by atoms with van der Waals surface area (Å²) in [7, 11) is 1.62.